The van der Waals surface area contributed by atoms with Crippen molar-refractivity contribution < 1.29 is 4.74 Å². The van der Waals surface area contributed by atoms with E-state index in [4.69, 9.17) is 4.74 Å². The third-order valence-electron chi connectivity index (χ3n) is 4.45. The predicted molar refractivity (Wildman–Crippen MR) is 83.5 cm³/mol. The molecule has 0 bridgehead atoms. The number of aromatic nitrogens is 1. The molecule has 0 amide bonds. The van der Waals surface area contributed by atoms with Gasteiger partial charge in [-0.05, 0) is 68.5 Å². The maximum absolute atomic E-state index is 5.56. The van der Waals surface area contributed by atoms with Crippen LogP contribution in [0, 0.1) is 12.8 Å². The second-order valence-electron chi connectivity index (χ2n) is 6.03. The van der Waals surface area contributed by atoms with Crippen molar-refractivity contribution in [2.75, 3.05) is 20.2 Å². The largest absolute Gasteiger partial charge is 0.495 e. The number of piperidine rings is 1. The topological polar surface area (TPSA) is 26.2 Å². The summed E-state index contributed by atoms with van der Waals surface area (Å²) < 4.78 is 7.77. The zero-order valence-electron chi connectivity index (χ0n) is 12.7. The number of nitrogens with one attached hydrogen (secondary N) is 1. The minimum absolute atomic E-state index is 0.813. The van der Waals surface area contributed by atoms with E-state index in [0.717, 1.165) is 24.8 Å². The zero-order chi connectivity index (χ0) is 14.1. The lowest BCUT2D eigenvalue weighted by molar-refractivity contribution is 0.373. The molecule has 0 atom stereocenters. The van der Waals surface area contributed by atoms with Gasteiger partial charge in [0.05, 0.1) is 12.6 Å². The molecule has 3 rings (SSSR count). The SMILES string of the molecule is COc1cc(C)cc2c(CC3CCNCC3)cn(C)c12. The van der Waals surface area contributed by atoms with E-state index in [2.05, 4.69) is 42.2 Å². The highest BCUT2D eigenvalue weighted by atomic mass is 16.5. The number of nitrogens with zero attached hydrogens (tertiary/aromatic N) is 1. The van der Waals surface area contributed by atoms with Crippen LogP contribution in [0.2, 0.25) is 0 Å². The number of rotatable bonds is 3. The van der Waals surface area contributed by atoms with Gasteiger partial charge in [-0.15, -0.1) is 0 Å². The highest BCUT2D eigenvalue weighted by molar-refractivity contribution is 5.90. The lowest BCUT2D eigenvalue weighted by atomic mass is 9.90. The van der Waals surface area contributed by atoms with E-state index in [-0.39, 0.29) is 0 Å². The molecule has 1 aromatic carbocycles. The Balaban J connectivity index is 2.00. The van der Waals surface area contributed by atoms with E-state index < -0.39 is 0 Å². The van der Waals surface area contributed by atoms with Crippen molar-refractivity contribution in [3.63, 3.8) is 0 Å². The second-order valence-corrected chi connectivity index (χ2v) is 6.03. The standard InChI is InChI=1S/C17H24N2O/c1-12-8-15-14(10-13-4-6-18-7-5-13)11-19(2)17(15)16(9-12)20-3/h8-9,11,13,18H,4-7,10H2,1-3H3. The van der Waals surface area contributed by atoms with Gasteiger partial charge in [0, 0.05) is 18.6 Å². The molecule has 1 aliphatic rings. The fourth-order valence-corrected chi connectivity index (χ4v) is 3.44. The van der Waals surface area contributed by atoms with Crippen LogP contribution in [0.15, 0.2) is 18.3 Å². The van der Waals surface area contributed by atoms with Gasteiger partial charge in [-0.2, -0.15) is 0 Å². The number of benzene rings is 1. The monoisotopic (exact) mass is 272 g/mol. The summed E-state index contributed by atoms with van der Waals surface area (Å²) in [5, 5.41) is 4.81. The van der Waals surface area contributed by atoms with Crippen LogP contribution in [0.3, 0.4) is 0 Å². The average Bonchev–Trinajstić information content (AvgIpc) is 2.75. The van der Waals surface area contributed by atoms with Crippen LogP contribution in [-0.4, -0.2) is 24.8 Å². The maximum atomic E-state index is 5.56. The molecule has 1 aromatic heterocycles. The van der Waals surface area contributed by atoms with Crippen molar-refractivity contribution in [3.05, 3.63) is 29.5 Å². The molecule has 2 heterocycles. The van der Waals surface area contributed by atoms with Crippen LogP contribution in [0.25, 0.3) is 10.9 Å². The van der Waals surface area contributed by atoms with Gasteiger partial charge >= 0.3 is 0 Å². The van der Waals surface area contributed by atoms with Crippen LogP contribution < -0.4 is 10.1 Å². The number of hydrogen-bond acceptors (Lipinski definition) is 2. The van der Waals surface area contributed by atoms with Crippen molar-refractivity contribution in [2.24, 2.45) is 13.0 Å². The molecule has 0 saturated carbocycles. The Morgan fingerprint density at radius 2 is 2.05 bits per heavy atom. The first-order valence-corrected chi connectivity index (χ1v) is 7.52. The summed E-state index contributed by atoms with van der Waals surface area (Å²) >= 11 is 0. The van der Waals surface area contributed by atoms with Crippen molar-refractivity contribution in [3.8, 4) is 5.75 Å². The lowest BCUT2D eigenvalue weighted by Gasteiger charge is -2.22. The van der Waals surface area contributed by atoms with Gasteiger partial charge in [0.2, 0.25) is 0 Å². The minimum Gasteiger partial charge on any atom is -0.495 e. The van der Waals surface area contributed by atoms with Crippen molar-refractivity contribution in [1.82, 2.24) is 9.88 Å². The molecular formula is C17H24N2O. The number of fused-ring (bicyclic) bond motifs is 1. The van der Waals surface area contributed by atoms with Gasteiger partial charge in [-0.25, -0.2) is 0 Å². The Bertz CT molecular complexity index is 609. The average molecular weight is 272 g/mol. The molecule has 2 aromatic rings. The van der Waals surface area contributed by atoms with Crippen LogP contribution in [0.4, 0.5) is 0 Å². The molecule has 1 saturated heterocycles. The summed E-state index contributed by atoms with van der Waals surface area (Å²) in [5.41, 5.74) is 3.96. The van der Waals surface area contributed by atoms with Crippen molar-refractivity contribution >= 4 is 10.9 Å². The van der Waals surface area contributed by atoms with E-state index in [1.165, 1.54) is 41.3 Å². The second kappa shape index (κ2) is 5.49. The number of aryl methyl sites for hydroxylation is 2. The van der Waals surface area contributed by atoms with Crippen LogP contribution in [0.5, 0.6) is 5.75 Å². The molecule has 0 aliphatic carbocycles. The van der Waals surface area contributed by atoms with E-state index >= 15 is 0 Å². The Morgan fingerprint density at radius 3 is 2.75 bits per heavy atom. The molecule has 1 N–H and O–H groups in total. The molecule has 0 radical (unpaired) electrons. The predicted octanol–water partition coefficient (Wildman–Crippen LogP) is 3.04. The first-order valence-electron chi connectivity index (χ1n) is 7.52. The fraction of sp³-hybridized carbons (Fsp3) is 0.529. The molecule has 20 heavy (non-hydrogen) atoms. The molecule has 0 unspecified atom stereocenters. The Labute approximate surface area is 120 Å². The molecule has 0 spiro atoms. The third-order valence-corrected chi connectivity index (χ3v) is 4.45. The summed E-state index contributed by atoms with van der Waals surface area (Å²) in [6, 6.07) is 4.42. The molecule has 3 nitrogen and oxygen atoms in total. The summed E-state index contributed by atoms with van der Waals surface area (Å²) in [4.78, 5) is 0. The highest BCUT2D eigenvalue weighted by Gasteiger charge is 2.18. The summed E-state index contributed by atoms with van der Waals surface area (Å²) in [5.74, 6) is 1.80. The van der Waals surface area contributed by atoms with Crippen LogP contribution in [-0.2, 0) is 13.5 Å². The summed E-state index contributed by atoms with van der Waals surface area (Å²) in [6.45, 7) is 4.47. The van der Waals surface area contributed by atoms with Gasteiger partial charge in [0.25, 0.3) is 0 Å². The van der Waals surface area contributed by atoms with Crippen molar-refractivity contribution in [1.29, 1.82) is 0 Å². The smallest absolute Gasteiger partial charge is 0.143 e. The number of hydrogen-bond donors (Lipinski definition) is 1. The first kappa shape index (κ1) is 13.5. The molecular weight excluding hydrogens is 248 g/mol. The maximum Gasteiger partial charge on any atom is 0.143 e. The Hall–Kier alpha value is -1.48. The fourth-order valence-electron chi connectivity index (χ4n) is 3.44. The highest BCUT2D eigenvalue weighted by Crippen LogP contribution is 2.33. The van der Waals surface area contributed by atoms with E-state index in [0.29, 0.717) is 0 Å². The lowest BCUT2D eigenvalue weighted by Crippen LogP contribution is -2.28. The first-order chi connectivity index (χ1) is 9.69. The molecule has 108 valence electrons. The van der Waals surface area contributed by atoms with Crippen molar-refractivity contribution in [2.45, 2.75) is 26.2 Å². The van der Waals surface area contributed by atoms with E-state index in [1.807, 2.05) is 0 Å². The normalized spacial score (nSPS) is 16.8. The quantitative estimate of drug-likeness (QED) is 0.929. The van der Waals surface area contributed by atoms with Crippen LogP contribution in [0.1, 0.15) is 24.0 Å². The van der Waals surface area contributed by atoms with Gasteiger partial charge in [-0.3, -0.25) is 0 Å². The summed E-state index contributed by atoms with van der Waals surface area (Å²) in [7, 11) is 3.87. The van der Waals surface area contributed by atoms with E-state index in [9.17, 15) is 0 Å². The zero-order valence-corrected chi connectivity index (χ0v) is 12.7. The Morgan fingerprint density at radius 1 is 1.30 bits per heavy atom. The number of methoxy groups -OCH3 is 1. The molecule has 3 heteroatoms. The van der Waals surface area contributed by atoms with E-state index in [1.54, 1.807) is 7.11 Å². The van der Waals surface area contributed by atoms with Crippen LogP contribution >= 0.6 is 0 Å². The van der Waals surface area contributed by atoms with Gasteiger partial charge in [0.15, 0.2) is 0 Å². The molecule has 1 fully saturated rings. The third kappa shape index (κ3) is 2.42. The van der Waals surface area contributed by atoms with Gasteiger partial charge in [0.1, 0.15) is 5.75 Å². The number of ether oxygens (including phenoxy) is 1. The Kier molecular flexibility index (Phi) is 3.70. The van der Waals surface area contributed by atoms with Gasteiger partial charge in [-0.1, -0.05) is 0 Å². The minimum atomic E-state index is 0.813. The summed E-state index contributed by atoms with van der Waals surface area (Å²) in [6.07, 6.45) is 6.05. The van der Waals surface area contributed by atoms with Gasteiger partial charge < -0.3 is 14.6 Å². The molecule has 1 aliphatic heterocycles.